The first-order chi connectivity index (χ1) is 7.40. The van der Waals surface area contributed by atoms with Crippen LogP contribution in [0.1, 0.15) is 40.0 Å². The quantitative estimate of drug-likeness (QED) is 0.730. The summed E-state index contributed by atoms with van der Waals surface area (Å²) in [7, 11) is 0. The Balaban J connectivity index is 2.23. The summed E-state index contributed by atoms with van der Waals surface area (Å²) in [4.78, 5) is 13.8. The maximum absolute atomic E-state index is 11.9. The highest BCUT2D eigenvalue weighted by atomic mass is 16.3. The van der Waals surface area contributed by atoms with Crippen LogP contribution in [0.3, 0.4) is 0 Å². The van der Waals surface area contributed by atoms with Gasteiger partial charge in [-0.3, -0.25) is 4.79 Å². The molecule has 1 rings (SSSR count). The van der Waals surface area contributed by atoms with Crippen molar-refractivity contribution >= 4 is 5.91 Å². The van der Waals surface area contributed by atoms with Gasteiger partial charge in [-0.2, -0.15) is 0 Å². The first-order valence-electron chi connectivity index (χ1n) is 6.15. The van der Waals surface area contributed by atoms with Crippen molar-refractivity contribution < 1.29 is 9.90 Å². The number of rotatable bonds is 5. The third-order valence-electron chi connectivity index (χ3n) is 2.98. The number of carbonyl (C=O) groups excluding carboxylic acids is 1. The minimum atomic E-state index is -0.663. The normalized spacial score (nSPS) is 18.9. The lowest BCUT2D eigenvalue weighted by atomic mass is 10.1. The molecule has 1 aliphatic heterocycles. The summed E-state index contributed by atoms with van der Waals surface area (Å²) >= 11 is 0. The third kappa shape index (κ3) is 4.49. The summed E-state index contributed by atoms with van der Waals surface area (Å²) in [5.41, 5.74) is -0.663. The fourth-order valence-corrected chi connectivity index (χ4v) is 1.89. The van der Waals surface area contributed by atoms with Crippen LogP contribution in [0.2, 0.25) is 0 Å². The summed E-state index contributed by atoms with van der Waals surface area (Å²) in [6.07, 6.45) is 2.91. The second-order valence-electron chi connectivity index (χ2n) is 5.27. The van der Waals surface area contributed by atoms with Crippen molar-refractivity contribution in [3.8, 4) is 0 Å². The van der Waals surface area contributed by atoms with E-state index in [1.807, 2.05) is 11.8 Å². The molecule has 0 aromatic carbocycles. The van der Waals surface area contributed by atoms with Crippen LogP contribution in [-0.2, 0) is 4.79 Å². The van der Waals surface area contributed by atoms with Gasteiger partial charge in [0.05, 0.1) is 11.6 Å². The van der Waals surface area contributed by atoms with Crippen molar-refractivity contribution in [1.29, 1.82) is 0 Å². The Kier molecular flexibility index (Phi) is 4.74. The number of amides is 1. The van der Waals surface area contributed by atoms with Gasteiger partial charge in [0.2, 0.25) is 5.91 Å². The molecule has 4 heteroatoms. The molecule has 0 aromatic rings. The van der Waals surface area contributed by atoms with E-state index in [4.69, 9.17) is 0 Å². The Morgan fingerprint density at radius 1 is 1.44 bits per heavy atom. The lowest BCUT2D eigenvalue weighted by molar-refractivity contribution is -0.132. The van der Waals surface area contributed by atoms with Gasteiger partial charge in [0.1, 0.15) is 0 Å². The first-order valence-corrected chi connectivity index (χ1v) is 6.15. The highest BCUT2D eigenvalue weighted by molar-refractivity contribution is 5.81. The summed E-state index contributed by atoms with van der Waals surface area (Å²) in [6.45, 7) is 7.92. The molecule has 0 radical (unpaired) electrons. The van der Waals surface area contributed by atoms with Crippen molar-refractivity contribution in [2.75, 3.05) is 19.6 Å². The number of nitrogens with zero attached hydrogens (tertiary/aromatic N) is 1. The van der Waals surface area contributed by atoms with Gasteiger partial charge in [0, 0.05) is 13.1 Å². The first kappa shape index (κ1) is 13.5. The largest absolute Gasteiger partial charge is 0.390 e. The van der Waals surface area contributed by atoms with E-state index >= 15 is 0 Å². The number of nitrogens with one attached hydrogen (secondary N) is 1. The number of aliphatic hydroxyl groups is 1. The smallest absolute Gasteiger partial charge is 0.239 e. The Morgan fingerprint density at radius 2 is 2.00 bits per heavy atom. The second-order valence-corrected chi connectivity index (χ2v) is 5.27. The molecule has 0 saturated carbocycles. The van der Waals surface area contributed by atoms with E-state index in [-0.39, 0.29) is 11.9 Å². The van der Waals surface area contributed by atoms with Crippen LogP contribution in [0.5, 0.6) is 0 Å². The van der Waals surface area contributed by atoms with E-state index in [0.29, 0.717) is 13.0 Å². The van der Waals surface area contributed by atoms with Crippen molar-refractivity contribution in [3.63, 3.8) is 0 Å². The van der Waals surface area contributed by atoms with Crippen molar-refractivity contribution in [2.24, 2.45) is 0 Å². The van der Waals surface area contributed by atoms with Crippen LogP contribution in [0.4, 0.5) is 0 Å². The summed E-state index contributed by atoms with van der Waals surface area (Å²) in [5.74, 6) is 0.188. The van der Waals surface area contributed by atoms with Gasteiger partial charge in [-0.25, -0.2) is 0 Å². The van der Waals surface area contributed by atoms with Crippen LogP contribution in [0.25, 0.3) is 0 Å². The van der Waals surface area contributed by atoms with E-state index in [2.05, 4.69) is 5.32 Å². The molecular weight excluding hydrogens is 204 g/mol. The zero-order valence-corrected chi connectivity index (χ0v) is 10.6. The maximum atomic E-state index is 11.9. The highest BCUT2D eigenvalue weighted by Crippen LogP contribution is 2.09. The number of likely N-dealkylation sites (tertiary alicyclic amines) is 1. The van der Waals surface area contributed by atoms with Crippen molar-refractivity contribution in [1.82, 2.24) is 10.2 Å². The summed E-state index contributed by atoms with van der Waals surface area (Å²) < 4.78 is 0. The number of carbonyl (C=O) groups is 1. The van der Waals surface area contributed by atoms with Crippen molar-refractivity contribution in [2.45, 2.75) is 51.7 Å². The molecule has 0 spiro atoms. The van der Waals surface area contributed by atoms with E-state index < -0.39 is 5.60 Å². The van der Waals surface area contributed by atoms with E-state index in [1.54, 1.807) is 13.8 Å². The molecule has 1 amide bonds. The molecule has 4 nitrogen and oxygen atoms in total. The van der Waals surface area contributed by atoms with Gasteiger partial charge >= 0.3 is 0 Å². The van der Waals surface area contributed by atoms with Crippen LogP contribution in [-0.4, -0.2) is 47.2 Å². The third-order valence-corrected chi connectivity index (χ3v) is 2.98. The predicted molar refractivity (Wildman–Crippen MR) is 64.2 cm³/mol. The van der Waals surface area contributed by atoms with E-state index in [1.165, 1.54) is 0 Å². The van der Waals surface area contributed by atoms with Crippen molar-refractivity contribution in [3.05, 3.63) is 0 Å². The zero-order valence-electron chi connectivity index (χ0n) is 10.6. The summed E-state index contributed by atoms with van der Waals surface area (Å²) in [5, 5.41) is 12.7. The van der Waals surface area contributed by atoms with Crippen LogP contribution in [0.15, 0.2) is 0 Å². The summed E-state index contributed by atoms with van der Waals surface area (Å²) in [6, 6.07) is -0.138. The zero-order chi connectivity index (χ0) is 12.2. The SMILES string of the molecule is CC(NCCC(C)(C)O)C(=O)N1CCCC1. The lowest BCUT2D eigenvalue weighted by Gasteiger charge is -2.23. The Labute approximate surface area is 98.0 Å². The fourth-order valence-electron chi connectivity index (χ4n) is 1.89. The minimum absolute atomic E-state index is 0.138. The van der Waals surface area contributed by atoms with Gasteiger partial charge in [-0.05, 0) is 46.6 Å². The standard InChI is InChI=1S/C12H24N2O2/c1-10(13-7-6-12(2,3)16)11(15)14-8-4-5-9-14/h10,13,16H,4-9H2,1-3H3. The molecule has 16 heavy (non-hydrogen) atoms. The molecule has 2 N–H and O–H groups in total. The van der Waals surface area contributed by atoms with Gasteiger partial charge < -0.3 is 15.3 Å². The molecule has 1 fully saturated rings. The van der Waals surface area contributed by atoms with Crippen LogP contribution in [0, 0.1) is 0 Å². The molecule has 0 aromatic heterocycles. The molecule has 0 bridgehead atoms. The fraction of sp³-hybridized carbons (Fsp3) is 0.917. The van der Waals surface area contributed by atoms with Gasteiger partial charge in [0.25, 0.3) is 0 Å². The average molecular weight is 228 g/mol. The molecule has 1 unspecified atom stereocenters. The maximum Gasteiger partial charge on any atom is 0.239 e. The number of hydrogen-bond acceptors (Lipinski definition) is 3. The highest BCUT2D eigenvalue weighted by Gasteiger charge is 2.23. The van der Waals surface area contributed by atoms with Crippen LogP contribution < -0.4 is 5.32 Å². The predicted octanol–water partition coefficient (Wildman–Crippen LogP) is 0.748. The minimum Gasteiger partial charge on any atom is -0.390 e. The monoisotopic (exact) mass is 228 g/mol. The Morgan fingerprint density at radius 3 is 2.50 bits per heavy atom. The van der Waals surface area contributed by atoms with E-state index in [9.17, 15) is 9.90 Å². The van der Waals surface area contributed by atoms with Gasteiger partial charge in [-0.15, -0.1) is 0 Å². The average Bonchev–Trinajstić information content (AvgIpc) is 2.67. The Bertz CT molecular complexity index is 230. The van der Waals surface area contributed by atoms with Crippen LogP contribution >= 0.6 is 0 Å². The van der Waals surface area contributed by atoms with E-state index in [0.717, 1.165) is 25.9 Å². The molecule has 0 aliphatic carbocycles. The molecule has 1 aliphatic rings. The molecule has 94 valence electrons. The molecule has 1 saturated heterocycles. The van der Waals surface area contributed by atoms with Gasteiger partial charge in [0.15, 0.2) is 0 Å². The second kappa shape index (κ2) is 5.64. The molecule has 1 heterocycles. The Hall–Kier alpha value is -0.610. The molecular formula is C12H24N2O2. The molecule has 1 atom stereocenters. The lowest BCUT2D eigenvalue weighted by Crippen LogP contribution is -2.44. The topological polar surface area (TPSA) is 52.6 Å². The number of hydrogen-bond donors (Lipinski definition) is 2. The van der Waals surface area contributed by atoms with Gasteiger partial charge in [-0.1, -0.05) is 0 Å².